The third-order valence-electron chi connectivity index (χ3n) is 2.31. The minimum absolute atomic E-state index is 0.282. The molecule has 0 aliphatic carbocycles. The first kappa shape index (κ1) is 11.3. The van der Waals surface area contributed by atoms with E-state index in [1.165, 1.54) is 10.7 Å². The smallest absolute Gasteiger partial charge is 0.149 e. The molecule has 1 aromatic carbocycles. The Bertz CT molecular complexity index is 475. The second-order valence-electron chi connectivity index (χ2n) is 3.50. The molecule has 84 valence electrons. The zero-order valence-electron chi connectivity index (χ0n) is 8.82. The number of aryl methyl sites for hydroxylation is 2. The first-order valence-electron chi connectivity index (χ1n) is 4.95. The molecule has 16 heavy (non-hydrogen) atoms. The molecule has 2 aromatic rings. The third kappa shape index (κ3) is 2.14. The van der Waals surface area contributed by atoms with Crippen LogP contribution in [0.15, 0.2) is 24.4 Å². The standard InChI is InChI=1S/C11H11BrFN3/c1-8-3-2-4-10(13)11(8)16-7-9(5-6-12)14-15-16/h2-4,7H,5-6H2,1H3. The van der Waals surface area contributed by atoms with Gasteiger partial charge < -0.3 is 0 Å². The molecule has 0 aliphatic rings. The van der Waals surface area contributed by atoms with Crippen molar-refractivity contribution in [3.63, 3.8) is 0 Å². The Morgan fingerprint density at radius 2 is 2.25 bits per heavy atom. The molecule has 0 aliphatic heterocycles. The van der Waals surface area contributed by atoms with Gasteiger partial charge in [-0.25, -0.2) is 9.07 Å². The van der Waals surface area contributed by atoms with E-state index in [0.29, 0.717) is 5.69 Å². The zero-order valence-corrected chi connectivity index (χ0v) is 10.4. The lowest BCUT2D eigenvalue weighted by atomic mass is 10.2. The number of hydrogen-bond donors (Lipinski definition) is 0. The third-order valence-corrected chi connectivity index (χ3v) is 2.71. The van der Waals surface area contributed by atoms with E-state index in [4.69, 9.17) is 0 Å². The van der Waals surface area contributed by atoms with Gasteiger partial charge in [0.15, 0.2) is 0 Å². The maximum Gasteiger partial charge on any atom is 0.149 e. The number of nitrogens with zero attached hydrogens (tertiary/aromatic N) is 3. The van der Waals surface area contributed by atoms with Crippen LogP contribution in [0.3, 0.4) is 0 Å². The molecule has 0 N–H and O–H groups in total. The zero-order chi connectivity index (χ0) is 11.5. The van der Waals surface area contributed by atoms with Gasteiger partial charge in [0.05, 0.1) is 11.9 Å². The lowest BCUT2D eigenvalue weighted by molar-refractivity contribution is 0.605. The van der Waals surface area contributed by atoms with E-state index < -0.39 is 0 Å². The minimum Gasteiger partial charge on any atom is -0.217 e. The van der Waals surface area contributed by atoms with Gasteiger partial charge in [0.2, 0.25) is 0 Å². The van der Waals surface area contributed by atoms with Crippen molar-refractivity contribution in [3.8, 4) is 5.69 Å². The molecule has 2 rings (SSSR count). The van der Waals surface area contributed by atoms with Crippen LogP contribution in [0.1, 0.15) is 11.3 Å². The molecule has 0 spiro atoms. The summed E-state index contributed by atoms with van der Waals surface area (Å²) in [6.07, 6.45) is 2.54. The highest BCUT2D eigenvalue weighted by molar-refractivity contribution is 9.09. The highest BCUT2D eigenvalue weighted by atomic mass is 79.9. The summed E-state index contributed by atoms with van der Waals surface area (Å²) in [7, 11) is 0. The number of hydrogen-bond acceptors (Lipinski definition) is 2. The monoisotopic (exact) mass is 283 g/mol. The van der Waals surface area contributed by atoms with Crippen molar-refractivity contribution in [2.45, 2.75) is 13.3 Å². The Kier molecular flexibility index (Phi) is 3.33. The summed E-state index contributed by atoms with van der Waals surface area (Å²) in [5.74, 6) is -0.282. The topological polar surface area (TPSA) is 30.7 Å². The fourth-order valence-electron chi connectivity index (χ4n) is 1.53. The van der Waals surface area contributed by atoms with Gasteiger partial charge in [0.25, 0.3) is 0 Å². The van der Waals surface area contributed by atoms with Crippen molar-refractivity contribution in [1.82, 2.24) is 15.0 Å². The Morgan fingerprint density at radius 1 is 1.44 bits per heavy atom. The van der Waals surface area contributed by atoms with E-state index in [0.717, 1.165) is 23.0 Å². The van der Waals surface area contributed by atoms with Gasteiger partial charge >= 0.3 is 0 Å². The fourth-order valence-corrected chi connectivity index (χ4v) is 1.94. The number of alkyl halides is 1. The number of para-hydroxylation sites is 1. The molecular formula is C11H11BrFN3. The van der Waals surface area contributed by atoms with Crippen molar-refractivity contribution in [3.05, 3.63) is 41.5 Å². The van der Waals surface area contributed by atoms with Gasteiger partial charge in [-0.2, -0.15) is 0 Å². The largest absolute Gasteiger partial charge is 0.217 e. The average Bonchev–Trinajstić information content (AvgIpc) is 2.67. The highest BCUT2D eigenvalue weighted by Gasteiger charge is 2.09. The Balaban J connectivity index is 2.42. The maximum absolute atomic E-state index is 13.6. The van der Waals surface area contributed by atoms with Crippen LogP contribution in [0, 0.1) is 12.7 Å². The van der Waals surface area contributed by atoms with Crippen LogP contribution in [-0.4, -0.2) is 20.3 Å². The molecule has 1 heterocycles. The summed E-state index contributed by atoms with van der Waals surface area (Å²) in [6, 6.07) is 4.96. The van der Waals surface area contributed by atoms with Crippen LogP contribution in [0.2, 0.25) is 0 Å². The molecule has 0 saturated carbocycles. The second-order valence-corrected chi connectivity index (χ2v) is 4.29. The van der Waals surface area contributed by atoms with E-state index in [2.05, 4.69) is 26.2 Å². The van der Waals surface area contributed by atoms with Gasteiger partial charge in [0, 0.05) is 11.8 Å². The summed E-state index contributed by atoms with van der Waals surface area (Å²) < 4.78 is 15.1. The molecule has 0 fully saturated rings. The van der Waals surface area contributed by atoms with Crippen molar-refractivity contribution in [1.29, 1.82) is 0 Å². The normalized spacial score (nSPS) is 10.7. The van der Waals surface area contributed by atoms with E-state index in [-0.39, 0.29) is 5.82 Å². The second kappa shape index (κ2) is 4.74. The Labute approximate surface area is 101 Å². The molecule has 1 aromatic heterocycles. The van der Waals surface area contributed by atoms with Crippen LogP contribution < -0.4 is 0 Å². The van der Waals surface area contributed by atoms with Crippen LogP contribution in [0.25, 0.3) is 5.69 Å². The van der Waals surface area contributed by atoms with Crippen molar-refractivity contribution in [2.75, 3.05) is 5.33 Å². The van der Waals surface area contributed by atoms with Crippen LogP contribution >= 0.6 is 15.9 Å². The maximum atomic E-state index is 13.6. The van der Waals surface area contributed by atoms with Crippen LogP contribution in [0.5, 0.6) is 0 Å². The van der Waals surface area contributed by atoms with Gasteiger partial charge in [-0.3, -0.25) is 0 Å². The van der Waals surface area contributed by atoms with E-state index >= 15 is 0 Å². The summed E-state index contributed by atoms with van der Waals surface area (Å²) in [5.41, 5.74) is 2.16. The van der Waals surface area contributed by atoms with Gasteiger partial charge in [-0.15, -0.1) is 5.10 Å². The highest BCUT2D eigenvalue weighted by Crippen LogP contribution is 2.17. The summed E-state index contributed by atoms with van der Waals surface area (Å²) >= 11 is 3.33. The summed E-state index contributed by atoms with van der Waals surface area (Å²) in [5, 5.41) is 8.73. The van der Waals surface area contributed by atoms with Crippen molar-refractivity contribution < 1.29 is 4.39 Å². The molecular weight excluding hydrogens is 273 g/mol. The van der Waals surface area contributed by atoms with Crippen LogP contribution in [0.4, 0.5) is 4.39 Å². The van der Waals surface area contributed by atoms with Gasteiger partial charge in [0.1, 0.15) is 11.5 Å². The number of benzene rings is 1. The van der Waals surface area contributed by atoms with Gasteiger partial charge in [-0.1, -0.05) is 33.3 Å². The van der Waals surface area contributed by atoms with Crippen molar-refractivity contribution >= 4 is 15.9 Å². The molecule has 0 amide bonds. The molecule has 3 nitrogen and oxygen atoms in total. The molecule has 0 bridgehead atoms. The number of halogens is 2. The van der Waals surface area contributed by atoms with Crippen molar-refractivity contribution in [2.24, 2.45) is 0 Å². The minimum atomic E-state index is -0.282. The average molecular weight is 284 g/mol. The Hall–Kier alpha value is -1.23. The lowest BCUT2D eigenvalue weighted by Gasteiger charge is -2.05. The predicted molar refractivity (Wildman–Crippen MR) is 63.6 cm³/mol. The molecule has 0 atom stereocenters. The number of rotatable bonds is 3. The molecule has 0 unspecified atom stereocenters. The van der Waals surface area contributed by atoms with E-state index in [1.807, 2.05) is 13.0 Å². The summed E-state index contributed by atoms with van der Waals surface area (Å²) in [4.78, 5) is 0. The Morgan fingerprint density at radius 3 is 2.94 bits per heavy atom. The molecule has 0 radical (unpaired) electrons. The first-order chi connectivity index (χ1) is 7.72. The fraction of sp³-hybridized carbons (Fsp3) is 0.273. The molecule has 5 heteroatoms. The first-order valence-corrected chi connectivity index (χ1v) is 6.07. The van der Waals surface area contributed by atoms with E-state index in [9.17, 15) is 4.39 Å². The SMILES string of the molecule is Cc1cccc(F)c1-n1cc(CCBr)nn1. The molecule has 0 saturated heterocycles. The number of aromatic nitrogens is 3. The summed E-state index contributed by atoms with van der Waals surface area (Å²) in [6.45, 7) is 1.85. The van der Waals surface area contributed by atoms with Crippen LogP contribution in [-0.2, 0) is 6.42 Å². The van der Waals surface area contributed by atoms with E-state index in [1.54, 1.807) is 12.3 Å². The predicted octanol–water partition coefficient (Wildman–Crippen LogP) is 2.65. The lowest BCUT2D eigenvalue weighted by Crippen LogP contribution is -2.01. The van der Waals surface area contributed by atoms with Gasteiger partial charge in [-0.05, 0) is 18.6 Å². The quantitative estimate of drug-likeness (QED) is 0.811.